The van der Waals surface area contributed by atoms with Crippen LogP contribution in [0.1, 0.15) is 20.9 Å². The summed E-state index contributed by atoms with van der Waals surface area (Å²) in [5.74, 6) is -0.208. The molecule has 0 atom stereocenters. The van der Waals surface area contributed by atoms with Gasteiger partial charge in [-0.05, 0) is 31.2 Å². The number of aromatic nitrogens is 2. The molecule has 3 aromatic rings. The summed E-state index contributed by atoms with van der Waals surface area (Å²) in [6.45, 7) is 1.43. The molecule has 1 aromatic heterocycles. The molecule has 0 aliphatic heterocycles. The van der Waals surface area contributed by atoms with Crippen molar-refractivity contribution in [2.45, 2.75) is 13.5 Å². The van der Waals surface area contributed by atoms with Crippen molar-refractivity contribution in [1.82, 2.24) is 10.2 Å². The van der Waals surface area contributed by atoms with E-state index in [1.165, 1.54) is 6.92 Å². The van der Waals surface area contributed by atoms with Crippen LogP contribution in [-0.2, 0) is 6.61 Å². The van der Waals surface area contributed by atoms with Crippen molar-refractivity contribution in [1.29, 1.82) is 0 Å². The highest BCUT2D eigenvalue weighted by molar-refractivity contribution is 7.15. The SMILES string of the molecule is Cc1c(C(=O)Nc2nnc(COc3ccc(Cl)cc3)s2)cc([N+](=O)[O-])cc1[N+](=O)[O-]. The van der Waals surface area contributed by atoms with Crippen LogP contribution >= 0.6 is 22.9 Å². The molecule has 154 valence electrons. The van der Waals surface area contributed by atoms with Gasteiger partial charge in [0.25, 0.3) is 17.3 Å². The third-order valence-electron chi connectivity index (χ3n) is 3.88. The standard InChI is InChI=1S/C17H12ClN5O6S/c1-9-13(6-11(22(25)26)7-14(9)23(27)28)16(24)19-17-21-20-15(30-17)8-29-12-4-2-10(18)3-5-12/h2-7H,8H2,1H3,(H,19,21,24). The van der Waals surface area contributed by atoms with Gasteiger partial charge in [-0.15, -0.1) is 10.2 Å². The molecule has 0 unspecified atom stereocenters. The number of halogens is 1. The number of anilines is 1. The highest BCUT2D eigenvalue weighted by Gasteiger charge is 2.25. The van der Waals surface area contributed by atoms with Gasteiger partial charge in [0.2, 0.25) is 5.13 Å². The van der Waals surface area contributed by atoms with E-state index in [-0.39, 0.29) is 22.9 Å². The lowest BCUT2D eigenvalue weighted by atomic mass is 10.0. The van der Waals surface area contributed by atoms with Crippen LogP contribution in [0.5, 0.6) is 5.75 Å². The number of hydrogen-bond acceptors (Lipinski definition) is 9. The number of nitrogens with zero attached hydrogens (tertiary/aromatic N) is 4. The Morgan fingerprint density at radius 1 is 1.17 bits per heavy atom. The highest BCUT2D eigenvalue weighted by atomic mass is 35.5. The molecule has 0 fully saturated rings. The van der Waals surface area contributed by atoms with Gasteiger partial charge in [-0.1, -0.05) is 22.9 Å². The Morgan fingerprint density at radius 2 is 1.87 bits per heavy atom. The third-order valence-corrected chi connectivity index (χ3v) is 4.94. The van der Waals surface area contributed by atoms with E-state index in [0.29, 0.717) is 15.8 Å². The van der Waals surface area contributed by atoms with Crippen molar-refractivity contribution in [3.63, 3.8) is 0 Å². The van der Waals surface area contributed by atoms with Gasteiger partial charge in [0.15, 0.2) is 5.01 Å². The molecular formula is C17H12ClN5O6S. The van der Waals surface area contributed by atoms with Crippen molar-refractivity contribution in [2.75, 3.05) is 5.32 Å². The zero-order chi connectivity index (χ0) is 21.8. The largest absolute Gasteiger partial charge is 0.486 e. The number of rotatable bonds is 7. The van der Waals surface area contributed by atoms with Gasteiger partial charge in [-0.25, -0.2) is 0 Å². The van der Waals surface area contributed by atoms with Crippen LogP contribution in [0.3, 0.4) is 0 Å². The maximum atomic E-state index is 12.5. The molecule has 3 rings (SSSR count). The summed E-state index contributed by atoms with van der Waals surface area (Å²) in [6, 6.07) is 8.49. The Kier molecular flexibility index (Phi) is 6.18. The molecule has 0 aliphatic rings. The van der Waals surface area contributed by atoms with E-state index >= 15 is 0 Å². The van der Waals surface area contributed by atoms with Gasteiger partial charge in [0.1, 0.15) is 12.4 Å². The average molecular weight is 450 g/mol. The smallest absolute Gasteiger partial charge is 0.279 e. The first-order valence-electron chi connectivity index (χ1n) is 8.20. The lowest BCUT2D eigenvalue weighted by Gasteiger charge is -2.06. The van der Waals surface area contributed by atoms with Gasteiger partial charge in [-0.3, -0.25) is 30.3 Å². The molecule has 0 aliphatic carbocycles. The van der Waals surface area contributed by atoms with Crippen molar-refractivity contribution in [3.8, 4) is 5.75 Å². The molecule has 13 heteroatoms. The van der Waals surface area contributed by atoms with E-state index in [0.717, 1.165) is 23.5 Å². The molecular weight excluding hydrogens is 438 g/mol. The van der Waals surface area contributed by atoms with Crippen molar-refractivity contribution in [3.05, 3.63) is 77.8 Å². The molecule has 0 bridgehead atoms. The van der Waals surface area contributed by atoms with Crippen LogP contribution in [0.2, 0.25) is 5.02 Å². The second kappa shape index (κ2) is 8.80. The minimum Gasteiger partial charge on any atom is -0.486 e. The topological polar surface area (TPSA) is 150 Å². The van der Waals surface area contributed by atoms with Gasteiger partial charge >= 0.3 is 0 Å². The summed E-state index contributed by atoms with van der Waals surface area (Å²) >= 11 is 6.84. The molecule has 2 aromatic carbocycles. The number of hydrogen-bond donors (Lipinski definition) is 1. The van der Waals surface area contributed by atoms with E-state index in [1.54, 1.807) is 24.3 Å². The van der Waals surface area contributed by atoms with Crippen LogP contribution in [0.15, 0.2) is 36.4 Å². The van der Waals surface area contributed by atoms with Gasteiger partial charge < -0.3 is 4.74 Å². The molecule has 30 heavy (non-hydrogen) atoms. The van der Waals surface area contributed by atoms with Gasteiger partial charge in [-0.2, -0.15) is 0 Å². The van der Waals surface area contributed by atoms with E-state index in [4.69, 9.17) is 16.3 Å². The van der Waals surface area contributed by atoms with Crippen molar-refractivity contribution >= 4 is 45.4 Å². The van der Waals surface area contributed by atoms with Gasteiger partial charge in [0.05, 0.1) is 21.5 Å². The zero-order valence-corrected chi connectivity index (χ0v) is 16.8. The summed E-state index contributed by atoms with van der Waals surface area (Å²) in [7, 11) is 0. The molecule has 0 spiro atoms. The normalized spacial score (nSPS) is 10.5. The summed E-state index contributed by atoms with van der Waals surface area (Å²) in [5.41, 5.74) is -1.29. The average Bonchev–Trinajstić information content (AvgIpc) is 3.14. The van der Waals surface area contributed by atoms with Crippen LogP contribution in [0.4, 0.5) is 16.5 Å². The fourth-order valence-electron chi connectivity index (χ4n) is 2.42. The Labute approximate surface area is 177 Å². The Balaban J connectivity index is 1.74. The number of carbonyl (C=O) groups excluding carboxylic acids is 1. The maximum absolute atomic E-state index is 12.5. The number of amides is 1. The number of non-ortho nitro benzene ring substituents is 1. The number of nitro benzene ring substituents is 2. The quantitative estimate of drug-likeness (QED) is 0.417. The van der Waals surface area contributed by atoms with Crippen LogP contribution in [0, 0.1) is 27.2 Å². The lowest BCUT2D eigenvalue weighted by molar-refractivity contribution is -0.394. The van der Waals surface area contributed by atoms with Crippen LogP contribution in [-0.4, -0.2) is 26.0 Å². The minimum atomic E-state index is -0.805. The van der Waals surface area contributed by atoms with E-state index in [2.05, 4.69) is 15.5 Å². The fourth-order valence-corrected chi connectivity index (χ4v) is 3.19. The molecule has 1 heterocycles. The van der Waals surface area contributed by atoms with Crippen molar-refractivity contribution < 1.29 is 19.4 Å². The van der Waals surface area contributed by atoms with Crippen LogP contribution < -0.4 is 10.1 Å². The summed E-state index contributed by atoms with van der Waals surface area (Å²) in [6.07, 6.45) is 0. The first kappa shape index (κ1) is 21.1. The Morgan fingerprint density at radius 3 is 2.50 bits per heavy atom. The molecule has 11 nitrogen and oxygen atoms in total. The Bertz CT molecular complexity index is 1130. The highest BCUT2D eigenvalue weighted by Crippen LogP contribution is 2.29. The first-order valence-corrected chi connectivity index (χ1v) is 9.39. The number of benzene rings is 2. The Hall–Kier alpha value is -3.64. The lowest BCUT2D eigenvalue weighted by Crippen LogP contribution is -2.14. The summed E-state index contributed by atoms with van der Waals surface area (Å²) < 4.78 is 5.54. The molecule has 0 saturated heterocycles. The predicted octanol–water partition coefficient (Wildman–Crippen LogP) is 4.15. The van der Waals surface area contributed by atoms with Gasteiger partial charge in [0, 0.05) is 16.7 Å². The van der Waals surface area contributed by atoms with E-state index < -0.39 is 27.1 Å². The first-order chi connectivity index (χ1) is 14.2. The molecule has 0 saturated carbocycles. The number of ether oxygens (including phenoxy) is 1. The minimum absolute atomic E-state index is 0.00101. The van der Waals surface area contributed by atoms with Crippen LogP contribution in [0.25, 0.3) is 0 Å². The maximum Gasteiger partial charge on any atom is 0.279 e. The zero-order valence-electron chi connectivity index (χ0n) is 15.2. The number of nitro groups is 2. The molecule has 0 radical (unpaired) electrons. The van der Waals surface area contributed by atoms with E-state index in [9.17, 15) is 25.0 Å². The second-order valence-electron chi connectivity index (χ2n) is 5.85. The second-order valence-corrected chi connectivity index (χ2v) is 7.35. The summed E-state index contributed by atoms with van der Waals surface area (Å²) in [5, 5.41) is 33.5. The summed E-state index contributed by atoms with van der Waals surface area (Å²) in [4.78, 5) is 33.1. The number of nitrogens with one attached hydrogen (secondary N) is 1. The van der Waals surface area contributed by atoms with Crippen molar-refractivity contribution in [2.24, 2.45) is 0 Å². The monoisotopic (exact) mass is 449 g/mol. The molecule has 1 amide bonds. The third kappa shape index (κ3) is 4.85. The predicted molar refractivity (Wildman–Crippen MR) is 108 cm³/mol. The molecule has 1 N–H and O–H groups in total. The number of carbonyl (C=O) groups is 1. The fraction of sp³-hybridized carbons (Fsp3) is 0.118. The van der Waals surface area contributed by atoms with E-state index in [1.807, 2.05) is 0 Å².